The summed E-state index contributed by atoms with van der Waals surface area (Å²) < 4.78 is 5.42. The summed E-state index contributed by atoms with van der Waals surface area (Å²) in [6.07, 6.45) is 3.44. The fraction of sp³-hybridized carbons (Fsp3) is 0.889. The number of ether oxygens (including phenoxy) is 1. The topological polar surface area (TPSA) is 74.4 Å². The summed E-state index contributed by atoms with van der Waals surface area (Å²) in [7, 11) is 0. The quantitative estimate of drug-likeness (QED) is 0.379. The van der Waals surface area contributed by atoms with Crippen molar-refractivity contribution < 1.29 is 9.53 Å². The van der Waals surface area contributed by atoms with E-state index < -0.39 is 5.60 Å². The van der Waals surface area contributed by atoms with E-state index in [0.29, 0.717) is 38.2 Å². The van der Waals surface area contributed by atoms with Crippen LogP contribution >= 0.6 is 24.0 Å². The number of amides is 1. The maximum atomic E-state index is 12.1. The maximum Gasteiger partial charge on any atom is 0.410 e. The van der Waals surface area contributed by atoms with E-state index in [4.69, 9.17) is 10.5 Å². The third kappa shape index (κ3) is 7.09. The van der Waals surface area contributed by atoms with Crippen LogP contribution in [0.5, 0.6) is 0 Å². The first kappa shape index (κ1) is 23.3. The number of carbonyl (C=O) groups is 1. The molecule has 2 fully saturated rings. The van der Waals surface area contributed by atoms with Gasteiger partial charge in [-0.3, -0.25) is 9.89 Å². The molecule has 152 valence electrons. The standard InChI is InChI=1S/C18H35N5O2.HI/c1-5-15(21-8-6-7-9-21)14-20-16(19)22-10-12-23(13-11-22)17(24)25-18(2,3)4;/h15H,5-14H2,1-4H3,(H2,19,20);1H. The predicted molar refractivity (Wildman–Crippen MR) is 116 cm³/mol. The molecule has 2 rings (SSSR count). The SMILES string of the molecule is CCC(CN=C(N)N1CCN(C(=O)OC(C)(C)C)CC1)N1CCCC1.I. The molecule has 2 N–H and O–H groups in total. The number of aliphatic imine (C=N–C) groups is 1. The van der Waals surface area contributed by atoms with Gasteiger partial charge < -0.3 is 20.3 Å². The largest absolute Gasteiger partial charge is 0.444 e. The molecule has 26 heavy (non-hydrogen) atoms. The highest BCUT2D eigenvalue weighted by Gasteiger charge is 2.26. The molecule has 0 aromatic carbocycles. The van der Waals surface area contributed by atoms with E-state index in [-0.39, 0.29) is 30.1 Å². The number of piperazine rings is 1. The molecular weight excluding hydrogens is 445 g/mol. The van der Waals surface area contributed by atoms with Crippen LogP contribution in [-0.4, -0.2) is 84.2 Å². The van der Waals surface area contributed by atoms with Gasteiger partial charge in [0.1, 0.15) is 5.60 Å². The second-order valence-corrected chi connectivity index (χ2v) is 7.96. The Bertz CT molecular complexity index is 467. The van der Waals surface area contributed by atoms with E-state index in [1.807, 2.05) is 20.8 Å². The van der Waals surface area contributed by atoms with E-state index in [0.717, 1.165) is 13.0 Å². The fourth-order valence-corrected chi connectivity index (χ4v) is 3.35. The van der Waals surface area contributed by atoms with Crippen molar-refractivity contribution >= 4 is 36.0 Å². The minimum Gasteiger partial charge on any atom is -0.444 e. The molecule has 0 saturated carbocycles. The van der Waals surface area contributed by atoms with Gasteiger partial charge in [-0.15, -0.1) is 24.0 Å². The number of likely N-dealkylation sites (tertiary alicyclic amines) is 1. The van der Waals surface area contributed by atoms with Gasteiger partial charge in [-0.25, -0.2) is 4.79 Å². The van der Waals surface area contributed by atoms with E-state index in [2.05, 4.69) is 21.7 Å². The zero-order chi connectivity index (χ0) is 18.4. The molecule has 0 spiro atoms. The van der Waals surface area contributed by atoms with Crippen LogP contribution in [0.4, 0.5) is 4.79 Å². The van der Waals surface area contributed by atoms with E-state index >= 15 is 0 Å². The van der Waals surface area contributed by atoms with Crippen molar-refractivity contribution in [3.05, 3.63) is 0 Å². The van der Waals surface area contributed by atoms with Gasteiger partial charge in [0.25, 0.3) is 0 Å². The van der Waals surface area contributed by atoms with Gasteiger partial charge in [-0.1, -0.05) is 6.92 Å². The first-order valence-corrected chi connectivity index (χ1v) is 9.57. The predicted octanol–water partition coefficient (Wildman–Crippen LogP) is 2.35. The van der Waals surface area contributed by atoms with Gasteiger partial charge in [0, 0.05) is 32.2 Å². The monoisotopic (exact) mass is 481 g/mol. The number of guanidine groups is 1. The molecule has 2 saturated heterocycles. The van der Waals surface area contributed by atoms with Crippen molar-refractivity contribution in [1.82, 2.24) is 14.7 Å². The van der Waals surface area contributed by atoms with Gasteiger partial charge in [-0.2, -0.15) is 0 Å². The molecule has 0 bridgehead atoms. The van der Waals surface area contributed by atoms with Gasteiger partial charge in [0.15, 0.2) is 5.96 Å². The first-order chi connectivity index (χ1) is 11.8. The van der Waals surface area contributed by atoms with Crippen LogP contribution in [0.15, 0.2) is 4.99 Å². The Balaban J connectivity index is 0.00000338. The molecule has 1 atom stereocenters. The van der Waals surface area contributed by atoms with Gasteiger partial charge in [0.2, 0.25) is 0 Å². The van der Waals surface area contributed by atoms with Crippen LogP contribution in [0.25, 0.3) is 0 Å². The second kappa shape index (κ2) is 10.5. The maximum absolute atomic E-state index is 12.1. The van der Waals surface area contributed by atoms with Crippen molar-refractivity contribution in [3.63, 3.8) is 0 Å². The molecule has 1 unspecified atom stereocenters. The Morgan fingerprint density at radius 3 is 2.12 bits per heavy atom. The zero-order valence-corrected chi connectivity index (χ0v) is 19.1. The highest BCUT2D eigenvalue weighted by atomic mass is 127. The smallest absolute Gasteiger partial charge is 0.410 e. The third-order valence-electron chi connectivity index (χ3n) is 4.85. The molecule has 0 aromatic rings. The average Bonchev–Trinajstić information content (AvgIpc) is 3.08. The molecule has 2 heterocycles. The minimum atomic E-state index is -0.459. The van der Waals surface area contributed by atoms with Crippen molar-refractivity contribution in [1.29, 1.82) is 0 Å². The molecule has 0 aromatic heterocycles. The first-order valence-electron chi connectivity index (χ1n) is 9.57. The second-order valence-electron chi connectivity index (χ2n) is 7.96. The summed E-state index contributed by atoms with van der Waals surface area (Å²) in [4.78, 5) is 23.1. The molecule has 8 heteroatoms. The van der Waals surface area contributed by atoms with E-state index in [1.54, 1.807) is 4.90 Å². The van der Waals surface area contributed by atoms with Crippen molar-refractivity contribution in [2.24, 2.45) is 10.7 Å². The Morgan fingerprint density at radius 2 is 1.62 bits per heavy atom. The van der Waals surface area contributed by atoms with E-state index in [1.165, 1.54) is 25.9 Å². The zero-order valence-electron chi connectivity index (χ0n) is 16.7. The number of rotatable bonds is 4. The molecule has 0 radical (unpaired) electrons. The number of hydrogen-bond donors (Lipinski definition) is 1. The summed E-state index contributed by atoms with van der Waals surface area (Å²) in [5, 5.41) is 0. The normalized spacial score (nSPS) is 20.7. The van der Waals surface area contributed by atoms with E-state index in [9.17, 15) is 4.79 Å². The summed E-state index contributed by atoms with van der Waals surface area (Å²) >= 11 is 0. The Hall–Kier alpha value is -0.770. The Labute approximate surface area is 175 Å². The Kier molecular flexibility index (Phi) is 9.43. The average molecular weight is 481 g/mol. The third-order valence-corrected chi connectivity index (χ3v) is 4.85. The highest BCUT2D eigenvalue weighted by molar-refractivity contribution is 14.0. The summed E-state index contributed by atoms with van der Waals surface area (Å²) in [6.45, 7) is 13.6. The highest BCUT2D eigenvalue weighted by Crippen LogP contribution is 2.15. The van der Waals surface area contributed by atoms with Crippen LogP contribution in [0.3, 0.4) is 0 Å². The summed E-state index contributed by atoms with van der Waals surface area (Å²) in [6, 6.07) is 0.490. The summed E-state index contributed by atoms with van der Waals surface area (Å²) in [5.41, 5.74) is 5.74. The van der Waals surface area contributed by atoms with Gasteiger partial charge in [-0.05, 0) is 53.1 Å². The number of nitrogens with two attached hydrogens (primary N) is 1. The molecule has 1 amide bonds. The fourth-order valence-electron chi connectivity index (χ4n) is 3.35. The van der Waals surface area contributed by atoms with Crippen LogP contribution in [0.2, 0.25) is 0 Å². The van der Waals surface area contributed by atoms with Crippen LogP contribution in [-0.2, 0) is 4.74 Å². The lowest BCUT2D eigenvalue weighted by Gasteiger charge is -2.36. The van der Waals surface area contributed by atoms with Crippen molar-refractivity contribution in [2.75, 3.05) is 45.8 Å². The van der Waals surface area contributed by atoms with Crippen LogP contribution in [0.1, 0.15) is 47.0 Å². The van der Waals surface area contributed by atoms with Crippen molar-refractivity contribution in [2.45, 2.75) is 58.6 Å². The lowest BCUT2D eigenvalue weighted by Crippen LogP contribution is -2.53. The molecule has 7 nitrogen and oxygen atoms in total. The summed E-state index contributed by atoms with van der Waals surface area (Å²) in [5.74, 6) is 0.599. The Morgan fingerprint density at radius 1 is 1.08 bits per heavy atom. The molecule has 2 aliphatic heterocycles. The van der Waals surface area contributed by atoms with Crippen LogP contribution in [0, 0.1) is 0 Å². The minimum absolute atomic E-state index is 0. The van der Waals surface area contributed by atoms with Gasteiger partial charge >= 0.3 is 6.09 Å². The molecule has 0 aliphatic carbocycles. The lowest BCUT2D eigenvalue weighted by atomic mass is 10.2. The molecule has 2 aliphatic rings. The van der Waals surface area contributed by atoms with Gasteiger partial charge in [0.05, 0.1) is 6.54 Å². The lowest BCUT2D eigenvalue weighted by molar-refractivity contribution is 0.0186. The number of hydrogen-bond acceptors (Lipinski definition) is 4. The van der Waals surface area contributed by atoms with Crippen LogP contribution < -0.4 is 5.73 Å². The molecular formula is C18H36IN5O2. The number of halogens is 1. The number of carbonyl (C=O) groups excluding carboxylic acids is 1. The number of nitrogens with zero attached hydrogens (tertiary/aromatic N) is 4. The van der Waals surface area contributed by atoms with Crippen molar-refractivity contribution in [3.8, 4) is 0 Å².